The van der Waals surface area contributed by atoms with Crippen LogP contribution in [0.25, 0.3) is 0 Å². The number of nitrogens with zero attached hydrogens (tertiary/aromatic N) is 5. The Hall–Kier alpha value is -2.60. The fourth-order valence-corrected chi connectivity index (χ4v) is 3.54. The summed E-state index contributed by atoms with van der Waals surface area (Å²) in [5, 5.41) is 3.45. The number of benzene rings is 1. The summed E-state index contributed by atoms with van der Waals surface area (Å²) in [6.07, 6.45) is 3.04. The molecule has 1 aliphatic rings. The molecule has 0 amide bonds. The highest BCUT2D eigenvalue weighted by molar-refractivity contribution is 5.79. The van der Waals surface area contributed by atoms with Gasteiger partial charge in [-0.05, 0) is 36.2 Å². The van der Waals surface area contributed by atoms with Gasteiger partial charge in [-0.25, -0.2) is 4.98 Å². The van der Waals surface area contributed by atoms with Gasteiger partial charge in [-0.1, -0.05) is 37.3 Å². The van der Waals surface area contributed by atoms with E-state index < -0.39 is 0 Å². The monoisotopic (exact) mass is 394 g/mol. The lowest BCUT2D eigenvalue weighted by Gasteiger charge is -2.33. The molecule has 1 aliphatic heterocycles. The lowest BCUT2D eigenvalue weighted by Crippen LogP contribution is -2.44. The van der Waals surface area contributed by atoms with Crippen LogP contribution < -0.4 is 10.2 Å². The molecule has 0 saturated carbocycles. The number of aryl methyl sites for hydroxylation is 1. The van der Waals surface area contributed by atoms with Crippen LogP contribution in [-0.2, 0) is 19.5 Å². The van der Waals surface area contributed by atoms with Crippen molar-refractivity contribution in [1.82, 2.24) is 20.1 Å². The molecule has 1 aromatic heterocycles. The molecule has 0 unspecified atom stereocenters. The molecule has 2 heterocycles. The van der Waals surface area contributed by atoms with E-state index >= 15 is 0 Å². The SMILES string of the molecule is CCc1ccc(CN(C)C(=NC)NCc2ccc(N3CCN(C)CC3)nc2)cc1. The third kappa shape index (κ3) is 5.94. The Bertz CT molecular complexity index is 776. The lowest BCUT2D eigenvalue weighted by molar-refractivity contribution is 0.312. The van der Waals surface area contributed by atoms with Crippen LogP contribution >= 0.6 is 0 Å². The Morgan fingerprint density at radius 3 is 2.28 bits per heavy atom. The minimum absolute atomic E-state index is 0.710. The maximum Gasteiger partial charge on any atom is 0.193 e. The summed E-state index contributed by atoms with van der Waals surface area (Å²) >= 11 is 0. The Morgan fingerprint density at radius 1 is 1.03 bits per heavy atom. The Kier molecular flexibility index (Phi) is 7.47. The average molecular weight is 395 g/mol. The molecule has 0 radical (unpaired) electrons. The van der Waals surface area contributed by atoms with Crippen molar-refractivity contribution in [2.45, 2.75) is 26.4 Å². The normalized spacial score (nSPS) is 15.4. The van der Waals surface area contributed by atoms with Crippen LogP contribution in [-0.4, -0.2) is 68.1 Å². The van der Waals surface area contributed by atoms with Crippen molar-refractivity contribution in [2.75, 3.05) is 52.2 Å². The van der Waals surface area contributed by atoms with E-state index in [4.69, 9.17) is 0 Å². The van der Waals surface area contributed by atoms with Gasteiger partial charge in [0, 0.05) is 59.6 Å². The number of likely N-dealkylation sites (N-methyl/N-ethyl adjacent to an activating group) is 1. The van der Waals surface area contributed by atoms with E-state index in [1.165, 1.54) is 11.1 Å². The van der Waals surface area contributed by atoms with E-state index in [1.54, 1.807) is 0 Å². The number of aromatic nitrogens is 1. The number of hydrogen-bond acceptors (Lipinski definition) is 4. The van der Waals surface area contributed by atoms with Crippen LogP contribution in [0.4, 0.5) is 5.82 Å². The van der Waals surface area contributed by atoms with E-state index in [-0.39, 0.29) is 0 Å². The largest absolute Gasteiger partial charge is 0.354 e. The summed E-state index contributed by atoms with van der Waals surface area (Å²) in [6.45, 7) is 7.98. The van der Waals surface area contributed by atoms with Gasteiger partial charge in [0.25, 0.3) is 0 Å². The van der Waals surface area contributed by atoms with Crippen molar-refractivity contribution in [3.05, 3.63) is 59.3 Å². The first kappa shape index (κ1) is 21.1. The minimum atomic E-state index is 0.710. The molecule has 6 nitrogen and oxygen atoms in total. The molecule has 2 aromatic rings. The molecule has 29 heavy (non-hydrogen) atoms. The van der Waals surface area contributed by atoms with Gasteiger partial charge in [0.05, 0.1) is 0 Å². The molecular weight excluding hydrogens is 360 g/mol. The summed E-state index contributed by atoms with van der Waals surface area (Å²) in [6, 6.07) is 13.1. The molecule has 0 bridgehead atoms. The number of anilines is 1. The number of nitrogens with one attached hydrogen (secondary N) is 1. The van der Waals surface area contributed by atoms with Crippen LogP contribution in [0.5, 0.6) is 0 Å². The summed E-state index contributed by atoms with van der Waals surface area (Å²) in [5.41, 5.74) is 3.81. The van der Waals surface area contributed by atoms with Gasteiger partial charge in [0.15, 0.2) is 5.96 Å². The number of guanidine groups is 1. The molecule has 0 spiro atoms. The number of hydrogen-bond donors (Lipinski definition) is 1. The van der Waals surface area contributed by atoms with E-state index in [0.717, 1.165) is 56.5 Å². The molecule has 1 fully saturated rings. The van der Waals surface area contributed by atoms with Crippen molar-refractivity contribution >= 4 is 11.8 Å². The van der Waals surface area contributed by atoms with E-state index in [9.17, 15) is 0 Å². The van der Waals surface area contributed by atoms with Crippen molar-refractivity contribution < 1.29 is 0 Å². The molecule has 3 rings (SSSR count). The average Bonchev–Trinajstić information content (AvgIpc) is 2.76. The van der Waals surface area contributed by atoms with Crippen molar-refractivity contribution in [3.63, 3.8) is 0 Å². The van der Waals surface area contributed by atoms with E-state index in [1.807, 2.05) is 13.2 Å². The van der Waals surface area contributed by atoms with Crippen LogP contribution in [0.1, 0.15) is 23.6 Å². The van der Waals surface area contributed by atoms with Crippen molar-refractivity contribution in [3.8, 4) is 0 Å². The highest BCUT2D eigenvalue weighted by Crippen LogP contribution is 2.14. The highest BCUT2D eigenvalue weighted by atomic mass is 15.3. The third-order valence-corrected chi connectivity index (χ3v) is 5.51. The van der Waals surface area contributed by atoms with Gasteiger partial charge in [-0.2, -0.15) is 0 Å². The van der Waals surface area contributed by atoms with Crippen molar-refractivity contribution in [1.29, 1.82) is 0 Å². The third-order valence-electron chi connectivity index (χ3n) is 5.51. The number of aliphatic imine (C=N–C) groups is 1. The summed E-state index contributed by atoms with van der Waals surface area (Å²) in [7, 11) is 6.06. The second-order valence-corrected chi connectivity index (χ2v) is 7.74. The van der Waals surface area contributed by atoms with Crippen molar-refractivity contribution in [2.24, 2.45) is 4.99 Å². The Balaban J connectivity index is 1.51. The molecular formula is C23H34N6. The molecule has 0 atom stereocenters. The molecule has 0 aliphatic carbocycles. The first-order valence-corrected chi connectivity index (χ1v) is 10.5. The fourth-order valence-electron chi connectivity index (χ4n) is 3.54. The molecule has 1 N–H and O–H groups in total. The van der Waals surface area contributed by atoms with Gasteiger partial charge in [-0.15, -0.1) is 0 Å². The lowest BCUT2D eigenvalue weighted by atomic mass is 10.1. The Morgan fingerprint density at radius 2 is 1.69 bits per heavy atom. The van der Waals surface area contributed by atoms with Crippen LogP contribution in [0.3, 0.4) is 0 Å². The standard InChI is InChI=1S/C23H34N6/c1-5-19-6-8-20(9-7-19)18-28(4)23(24-2)26-17-21-10-11-22(25-16-21)29-14-12-27(3)13-15-29/h6-11,16H,5,12-15,17-18H2,1-4H3,(H,24,26). The number of pyridine rings is 1. The summed E-state index contributed by atoms with van der Waals surface area (Å²) < 4.78 is 0. The van der Waals surface area contributed by atoms with Crippen LogP contribution in [0.15, 0.2) is 47.6 Å². The van der Waals surface area contributed by atoms with Gasteiger partial charge < -0.3 is 20.0 Å². The zero-order valence-corrected chi connectivity index (χ0v) is 18.2. The van der Waals surface area contributed by atoms with Gasteiger partial charge in [0.1, 0.15) is 5.82 Å². The molecule has 1 saturated heterocycles. The maximum absolute atomic E-state index is 4.67. The van der Waals surface area contributed by atoms with Gasteiger partial charge in [0.2, 0.25) is 0 Å². The van der Waals surface area contributed by atoms with Crippen LogP contribution in [0, 0.1) is 0 Å². The number of piperazine rings is 1. The zero-order chi connectivity index (χ0) is 20.6. The zero-order valence-electron chi connectivity index (χ0n) is 18.2. The highest BCUT2D eigenvalue weighted by Gasteiger charge is 2.15. The number of rotatable bonds is 6. The van der Waals surface area contributed by atoms with E-state index in [0.29, 0.717) is 6.54 Å². The quantitative estimate of drug-likeness (QED) is 0.603. The van der Waals surface area contributed by atoms with Gasteiger partial charge >= 0.3 is 0 Å². The molecule has 156 valence electrons. The van der Waals surface area contributed by atoms with E-state index in [2.05, 4.69) is 87.4 Å². The summed E-state index contributed by atoms with van der Waals surface area (Å²) in [5.74, 6) is 1.95. The maximum atomic E-state index is 4.67. The second kappa shape index (κ2) is 10.3. The second-order valence-electron chi connectivity index (χ2n) is 7.74. The van der Waals surface area contributed by atoms with Gasteiger partial charge in [-0.3, -0.25) is 4.99 Å². The Labute approximate surface area is 175 Å². The predicted molar refractivity (Wildman–Crippen MR) is 121 cm³/mol. The van der Waals surface area contributed by atoms with Crippen LogP contribution in [0.2, 0.25) is 0 Å². The smallest absolute Gasteiger partial charge is 0.193 e. The predicted octanol–water partition coefficient (Wildman–Crippen LogP) is 2.60. The molecule has 1 aromatic carbocycles. The first-order chi connectivity index (χ1) is 14.1. The topological polar surface area (TPSA) is 47.0 Å². The minimum Gasteiger partial charge on any atom is -0.354 e. The molecule has 6 heteroatoms. The summed E-state index contributed by atoms with van der Waals surface area (Å²) in [4.78, 5) is 16.0. The first-order valence-electron chi connectivity index (χ1n) is 10.5. The fraction of sp³-hybridized carbons (Fsp3) is 0.478.